The number of nitrogens with zero attached hydrogens (tertiary/aromatic N) is 1. The smallest absolute Gasteiger partial charge is 0.382 e. The molecule has 0 radical (unpaired) electrons. The lowest BCUT2D eigenvalue weighted by Crippen LogP contribution is -2.48. The summed E-state index contributed by atoms with van der Waals surface area (Å²) in [6, 6.07) is 8.20. The van der Waals surface area contributed by atoms with E-state index in [0.717, 1.165) is 5.56 Å². The van der Waals surface area contributed by atoms with Crippen LogP contribution >= 0.6 is 0 Å². The van der Waals surface area contributed by atoms with Crippen LogP contribution in [0.4, 0.5) is 13.2 Å². The Bertz CT molecular complexity index is 479. The molecule has 0 saturated carbocycles. The van der Waals surface area contributed by atoms with Gasteiger partial charge in [0.25, 0.3) is 0 Å². The Labute approximate surface area is 127 Å². The highest BCUT2D eigenvalue weighted by Crippen LogP contribution is 2.21. The van der Waals surface area contributed by atoms with Crippen LogP contribution < -0.4 is 5.32 Å². The highest BCUT2D eigenvalue weighted by atomic mass is 19.4. The summed E-state index contributed by atoms with van der Waals surface area (Å²) < 4.78 is 37.0. The first-order chi connectivity index (χ1) is 10.1. The van der Waals surface area contributed by atoms with Crippen molar-refractivity contribution in [3.05, 3.63) is 35.9 Å². The molecular weight excluding hydrogens is 297 g/mol. The maximum absolute atomic E-state index is 12.3. The number of alkyl halides is 3. The number of carbonyl (C=O) groups excluding carboxylic acids is 1. The van der Waals surface area contributed by atoms with E-state index in [-0.39, 0.29) is 6.04 Å². The number of nitrogens with one attached hydrogen (secondary N) is 1. The van der Waals surface area contributed by atoms with Crippen molar-refractivity contribution in [2.24, 2.45) is 0 Å². The minimum atomic E-state index is -4.69. The second-order valence-corrected chi connectivity index (χ2v) is 5.31. The maximum Gasteiger partial charge on any atom is 0.415 e. The van der Waals surface area contributed by atoms with Gasteiger partial charge in [0.15, 0.2) is 6.10 Å². The molecule has 124 valence electrons. The van der Waals surface area contributed by atoms with Crippen molar-refractivity contribution in [3.8, 4) is 0 Å². The summed E-state index contributed by atoms with van der Waals surface area (Å²) in [5, 5.41) is 11.8. The molecule has 0 spiro atoms. The number of halogens is 3. The number of carbonyl (C=O) groups is 1. The molecular formula is C15H21F3N2O2. The molecule has 1 aromatic carbocycles. The number of rotatable bonds is 6. The van der Waals surface area contributed by atoms with Gasteiger partial charge in [-0.2, -0.15) is 13.2 Å². The maximum atomic E-state index is 12.3. The first-order valence-corrected chi connectivity index (χ1v) is 6.93. The van der Waals surface area contributed by atoms with Gasteiger partial charge in [-0.3, -0.25) is 9.69 Å². The lowest BCUT2D eigenvalue weighted by Gasteiger charge is -2.28. The number of aliphatic hydroxyl groups is 1. The summed E-state index contributed by atoms with van der Waals surface area (Å²) in [7, 11) is 1.37. The van der Waals surface area contributed by atoms with E-state index in [1.807, 2.05) is 30.3 Å². The van der Waals surface area contributed by atoms with Crippen LogP contribution in [0, 0.1) is 0 Å². The topological polar surface area (TPSA) is 52.6 Å². The largest absolute Gasteiger partial charge is 0.415 e. The van der Waals surface area contributed by atoms with Gasteiger partial charge in [0.1, 0.15) is 0 Å². The van der Waals surface area contributed by atoms with Gasteiger partial charge in [-0.05, 0) is 26.5 Å². The lowest BCUT2D eigenvalue weighted by molar-refractivity contribution is -0.208. The Balaban J connectivity index is 2.57. The highest BCUT2D eigenvalue weighted by Gasteiger charge is 2.39. The van der Waals surface area contributed by atoms with Crippen LogP contribution in [-0.2, 0) is 4.79 Å². The second-order valence-electron chi connectivity index (χ2n) is 5.31. The van der Waals surface area contributed by atoms with Crippen LogP contribution in [0.2, 0.25) is 0 Å². The molecule has 3 unspecified atom stereocenters. The van der Waals surface area contributed by atoms with Crippen molar-refractivity contribution in [3.63, 3.8) is 0 Å². The molecule has 0 aliphatic rings. The molecule has 1 amide bonds. The molecule has 0 aromatic heterocycles. The van der Waals surface area contributed by atoms with E-state index in [2.05, 4.69) is 5.32 Å². The Morgan fingerprint density at radius 2 is 1.82 bits per heavy atom. The fraction of sp³-hybridized carbons (Fsp3) is 0.533. The van der Waals surface area contributed by atoms with E-state index in [9.17, 15) is 18.0 Å². The van der Waals surface area contributed by atoms with Gasteiger partial charge < -0.3 is 10.4 Å². The van der Waals surface area contributed by atoms with E-state index < -0.39 is 30.8 Å². The molecule has 0 bridgehead atoms. The Hall–Kier alpha value is -1.60. The molecule has 22 heavy (non-hydrogen) atoms. The third-order valence-electron chi connectivity index (χ3n) is 3.54. The van der Waals surface area contributed by atoms with Crippen LogP contribution in [0.3, 0.4) is 0 Å². The Morgan fingerprint density at radius 3 is 2.32 bits per heavy atom. The fourth-order valence-electron chi connectivity index (χ4n) is 1.89. The minimum Gasteiger partial charge on any atom is -0.382 e. The van der Waals surface area contributed by atoms with E-state index in [4.69, 9.17) is 5.11 Å². The number of benzene rings is 1. The third-order valence-corrected chi connectivity index (χ3v) is 3.54. The Morgan fingerprint density at radius 1 is 1.27 bits per heavy atom. The molecule has 4 nitrogen and oxygen atoms in total. The zero-order valence-corrected chi connectivity index (χ0v) is 12.8. The lowest BCUT2D eigenvalue weighted by atomic mass is 10.1. The molecule has 7 heteroatoms. The van der Waals surface area contributed by atoms with Crippen LogP contribution in [0.1, 0.15) is 25.5 Å². The van der Waals surface area contributed by atoms with Crippen LogP contribution in [0.5, 0.6) is 0 Å². The number of likely N-dealkylation sites (N-methyl/N-ethyl adjacent to an activating group) is 1. The summed E-state index contributed by atoms with van der Waals surface area (Å²) in [6.45, 7) is 2.64. The van der Waals surface area contributed by atoms with Gasteiger partial charge in [0.2, 0.25) is 5.91 Å². The number of hydrogen-bond acceptors (Lipinski definition) is 3. The van der Waals surface area contributed by atoms with Crippen molar-refractivity contribution in [1.82, 2.24) is 10.2 Å². The van der Waals surface area contributed by atoms with Gasteiger partial charge in [-0.15, -0.1) is 0 Å². The Kier molecular flexibility index (Phi) is 6.37. The molecule has 0 aliphatic heterocycles. The molecule has 0 saturated heterocycles. The van der Waals surface area contributed by atoms with Crippen molar-refractivity contribution >= 4 is 5.91 Å². The number of hydrogen-bond donors (Lipinski definition) is 2. The molecule has 2 N–H and O–H groups in total. The summed E-state index contributed by atoms with van der Waals surface area (Å²) in [6.07, 6.45) is -7.17. The average Bonchev–Trinajstić information content (AvgIpc) is 2.46. The molecule has 0 aliphatic carbocycles. The zero-order valence-electron chi connectivity index (χ0n) is 12.8. The third kappa shape index (κ3) is 5.31. The predicted molar refractivity (Wildman–Crippen MR) is 77.2 cm³/mol. The average molecular weight is 318 g/mol. The molecule has 1 rings (SSSR count). The number of aliphatic hydroxyl groups excluding tert-OH is 1. The van der Waals surface area contributed by atoms with E-state index in [0.29, 0.717) is 0 Å². The SMILES string of the molecule is CC(NC(=O)C(C)N(C)CC(O)C(F)(F)F)c1ccccc1. The first kappa shape index (κ1) is 18.4. The van der Waals surface area contributed by atoms with Crippen molar-refractivity contribution < 1.29 is 23.1 Å². The van der Waals surface area contributed by atoms with Crippen LogP contribution in [-0.4, -0.2) is 47.8 Å². The van der Waals surface area contributed by atoms with Crippen molar-refractivity contribution in [2.75, 3.05) is 13.6 Å². The van der Waals surface area contributed by atoms with Crippen LogP contribution in [0.25, 0.3) is 0 Å². The highest BCUT2D eigenvalue weighted by molar-refractivity contribution is 5.81. The normalized spacial score (nSPS) is 16.2. The predicted octanol–water partition coefficient (Wildman–Crippen LogP) is 2.11. The molecule has 1 aromatic rings. The first-order valence-electron chi connectivity index (χ1n) is 6.93. The van der Waals surface area contributed by atoms with Crippen molar-refractivity contribution in [2.45, 2.75) is 38.2 Å². The number of amides is 1. The minimum absolute atomic E-state index is 0.253. The van der Waals surface area contributed by atoms with E-state index >= 15 is 0 Å². The van der Waals surface area contributed by atoms with Crippen molar-refractivity contribution in [1.29, 1.82) is 0 Å². The van der Waals surface area contributed by atoms with Gasteiger partial charge in [-0.25, -0.2) is 0 Å². The standard InChI is InChI=1S/C15H21F3N2O2/c1-10(12-7-5-4-6-8-12)19-14(22)11(2)20(3)9-13(21)15(16,17)18/h4-8,10-11,13,21H,9H2,1-3H3,(H,19,22). The van der Waals surface area contributed by atoms with Gasteiger partial charge in [-0.1, -0.05) is 30.3 Å². The van der Waals surface area contributed by atoms with E-state index in [1.54, 1.807) is 6.92 Å². The summed E-state index contributed by atoms with van der Waals surface area (Å²) in [5.41, 5.74) is 0.904. The molecule has 3 atom stereocenters. The van der Waals surface area contributed by atoms with Crippen LogP contribution in [0.15, 0.2) is 30.3 Å². The van der Waals surface area contributed by atoms with E-state index in [1.165, 1.54) is 18.9 Å². The molecule has 0 fully saturated rings. The monoisotopic (exact) mass is 318 g/mol. The quantitative estimate of drug-likeness (QED) is 0.845. The fourth-order valence-corrected chi connectivity index (χ4v) is 1.89. The van der Waals surface area contributed by atoms with Gasteiger partial charge in [0, 0.05) is 6.54 Å². The summed E-state index contributed by atoms with van der Waals surface area (Å²) >= 11 is 0. The second kappa shape index (κ2) is 7.60. The molecule has 0 heterocycles. The zero-order chi connectivity index (χ0) is 16.9. The van der Waals surface area contributed by atoms with Gasteiger partial charge in [0.05, 0.1) is 12.1 Å². The van der Waals surface area contributed by atoms with Gasteiger partial charge >= 0.3 is 6.18 Å². The summed E-state index contributed by atoms with van der Waals surface area (Å²) in [4.78, 5) is 13.3. The summed E-state index contributed by atoms with van der Waals surface area (Å²) in [5.74, 6) is -0.395.